The van der Waals surface area contributed by atoms with Gasteiger partial charge in [-0.15, -0.1) is 5.10 Å². The van der Waals surface area contributed by atoms with E-state index in [9.17, 15) is 4.79 Å². The lowest BCUT2D eigenvalue weighted by Gasteiger charge is -2.36. The van der Waals surface area contributed by atoms with Crippen molar-refractivity contribution in [2.24, 2.45) is 7.05 Å². The first-order valence-electron chi connectivity index (χ1n) is 14.1. The van der Waals surface area contributed by atoms with Gasteiger partial charge in [0.1, 0.15) is 17.2 Å². The molecule has 0 spiro atoms. The average molecular weight is 582 g/mol. The van der Waals surface area contributed by atoms with Crippen molar-refractivity contribution in [3.05, 3.63) is 67.3 Å². The second kappa shape index (κ2) is 11.3. The van der Waals surface area contributed by atoms with Crippen LogP contribution in [0.4, 0.5) is 22.2 Å². The number of pyridine rings is 1. The number of amides is 1. The maximum atomic E-state index is 12.4. The molecule has 1 saturated heterocycles. The van der Waals surface area contributed by atoms with Gasteiger partial charge in [-0.1, -0.05) is 0 Å². The lowest BCUT2D eigenvalue weighted by Crippen LogP contribution is -2.50. The Hall–Kier alpha value is -5.13. The van der Waals surface area contributed by atoms with Gasteiger partial charge in [0.25, 0.3) is 0 Å². The molecule has 4 aromatic heterocycles. The van der Waals surface area contributed by atoms with Crippen LogP contribution in [-0.2, 0) is 11.8 Å². The maximum Gasteiger partial charge on any atom is 0.410 e. The molecular formula is C31H35N9O3. The highest BCUT2D eigenvalue weighted by Crippen LogP contribution is 2.35. The van der Waals surface area contributed by atoms with Crippen LogP contribution in [0.5, 0.6) is 5.75 Å². The molecule has 0 unspecified atom stereocenters. The van der Waals surface area contributed by atoms with Gasteiger partial charge in [0, 0.05) is 56.1 Å². The number of benzene rings is 1. The van der Waals surface area contributed by atoms with Crippen LogP contribution in [-0.4, -0.2) is 79.2 Å². The number of rotatable bonds is 6. The lowest BCUT2D eigenvalue weighted by molar-refractivity contribution is 0.0240. The van der Waals surface area contributed by atoms with Gasteiger partial charge in [-0.05, 0) is 63.2 Å². The lowest BCUT2D eigenvalue weighted by atomic mass is 10.0. The van der Waals surface area contributed by atoms with Crippen LogP contribution >= 0.6 is 0 Å². The second-order valence-electron chi connectivity index (χ2n) is 11.4. The summed E-state index contributed by atoms with van der Waals surface area (Å²) in [6.45, 7) is 8.23. The number of anilines is 3. The van der Waals surface area contributed by atoms with E-state index in [1.807, 2.05) is 87.3 Å². The summed E-state index contributed by atoms with van der Waals surface area (Å²) in [5, 5.41) is 12.5. The predicted molar refractivity (Wildman–Crippen MR) is 165 cm³/mol. The number of ether oxygens (including phenoxy) is 2. The van der Waals surface area contributed by atoms with E-state index in [0.29, 0.717) is 37.9 Å². The molecular weight excluding hydrogens is 546 g/mol. The molecule has 1 N–H and O–H groups in total. The highest BCUT2D eigenvalue weighted by atomic mass is 16.6. The van der Waals surface area contributed by atoms with Crippen molar-refractivity contribution in [2.75, 3.05) is 43.5 Å². The number of hydrogen-bond donors (Lipinski definition) is 1. The van der Waals surface area contributed by atoms with Crippen molar-refractivity contribution < 1.29 is 14.3 Å². The summed E-state index contributed by atoms with van der Waals surface area (Å²) in [5.41, 5.74) is 5.22. The number of aromatic nitrogens is 6. The minimum Gasteiger partial charge on any atom is -0.497 e. The Bertz CT molecular complexity index is 1730. The van der Waals surface area contributed by atoms with E-state index >= 15 is 0 Å². The van der Waals surface area contributed by atoms with Crippen LogP contribution in [0.2, 0.25) is 0 Å². The first-order chi connectivity index (χ1) is 20.7. The third-order valence-electron chi connectivity index (χ3n) is 7.18. The van der Waals surface area contributed by atoms with Crippen LogP contribution in [0.15, 0.2) is 67.3 Å². The summed E-state index contributed by atoms with van der Waals surface area (Å²) in [6, 6.07) is 13.9. The number of nitrogens with one attached hydrogen (secondary N) is 1. The van der Waals surface area contributed by atoms with Gasteiger partial charge < -0.3 is 24.6 Å². The Kier molecular flexibility index (Phi) is 7.34. The zero-order valence-electron chi connectivity index (χ0n) is 25.0. The summed E-state index contributed by atoms with van der Waals surface area (Å²) in [4.78, 5) is 25.5. The number of nitrogens with zero attached hydrogens (tertiary/aromatic N) is 8. The number of fused-ring (bicyclic) bond motifs is 1. The van der Waals surface area contributed by atoms with Gasteiger partial charge >= 0.3 is 6.09 Å². The zero-order valence-corrected chi connectivity index (χ0v) is 25.0. The molecule has 0 atom stereocenters. The summed E-state index contributed by atoms with van der Waals surface area (Å²) in [7, 11) is 3.55. The minimum absolute atomic E-state index is 0.271. The average Bonchev–Trinajstić information content (AvgIpc) is 3.60. The normalized spacial score (nSPS) is 13.8. The van der Waals surface area contributed by atoms with Crippen molar-refractivity contribution in [1.82, 2.24) is 34.3 Å². The molecule has 1 fully saturated rings. The van der Waals surface area contributed by atoms with Gasteiger partial charge in [-0.3, -0.25) is 4.68 Å². The van der Waals surface area contributed by atoms with Crippen LogP contribution in [0.3, 0.4) is 0 Å². The molecule has 1 aromatic carbocycles. The molecule has 0 aliphatic carbocycles. The molecule has 6 rings (SSSR count). The number of piperazine rings is 1. The SMILES string of the molecule is COc1ccc(-c2c(-c3cnn(C)c3)cc3cnc(Nc4ccc(N5CCN(C(=O)OC(C)(C)C)CC5)cn4)nn23)cc1. The summed E-state index contributed by atoms with van der Waals surface area (Å²) in [6.07, 6.45) is 7.17. The molecule has 0 radical (unpaired) electrons. The maximum absolute atomic E-state index is 12.4. The van der Waals surface area contributed by atoms with Gasteiger partial charge in [0.05, 0.1) is 42.6 Å². The van der Waals surface area contributed by atoms with Gasteiger partial charge in [0.15, 0.2) is 0 Å². The highest BCUT2D eigenvalue weighted by Gasteiger charge is 2.26. The molecule has 12 nitrogen and oxygen atoms in total. The van der Waals surface area contributed by atoms with E-state index in [-0.39, 0.29) is 6.09 Å². The molecule has 0 bridgehead atoms. The number of hydrogen-bond acceptors (Lipinski definition) is 9. The number of methoxy groups -OCH3 is 1. The molecule has 1 amide bonds. The molecule has 5 heterocycles. The van der Waals surface area contributed by atoms with E-state index in [1.165, 1.54) is 0 Å². The summed E-state index contributed by atoms with van der Waals surface area (Å²) >= 11 is 0. The molecule has 0 saturated carbocycles. The quantitative estimate of drug-likeness (QED) is 0.296. The Morgan fingerprint density at radius 2 is 1.70 bits per heavy atom. The fraction of sp³-hybridized carbons (Fsp3) is 0.323. The third-order valence-corrected chi connectivity index (χ3v) is 7.18. The summed E-state index contributed by atoms with van der Waals surface area (Å²) < 4.78 is 14.5. The standard InChI is InChI=1S/C31H35N9O3/c1-31(2,3)43-30(41)39-14-12-38(13-15-39)23-8-11-27(32-18-23)35-29-33-19-24-16-26(22-17-34-37(4)20-22)28(40(24)36-29)21-6-9-25(42-5)10-7-21/h6-11,16-20H,12-15H2,1-5H3,(H,32,35,36). The van der Waals surface area contributed by atoms with Gasteiger partial charge in [-0.2, -0.15) is 5.10 Å². The Balaban J connectivity index is 1.21. The zero-order chi connectivity index (χ0) is 30.1. The fourth-order valence-electron chi connectivity index (χ4n) is 5.07. The van der Waals surface area contributed by atoms with E-state index in [1.54, 1.807) is 22.9 Å². The summed E-state index contributed by atoms with van der Waals surface area (Å²) in [5.74, 6) is 1.83. The predicted octanol–water partition coefficient (Wildman–Crippen LogP) is 5.00. The van der Waals surface area contributed by atoms with E-state index in [2.05, 4.69) is 31.3 Å². The van der Waals surface area contributed by atoms with E-state index in [4.69, 9.17) is 14.6 Å². The fourth-order valence-corrected chi connectivity index (χ4v) is 5.07. The largest absolute Gasteiger partial charge is 0.497 e. The molecule has 12 heteroatoms. The number of carbonyl (C=O) groups is 1. The molecule has 222 valence electrons. The van der Waals surface area contributed by atoms with E-state index in [0.717, 1.165) is 39.3 Å². The Morgan fingerprint density at radius 1 is 0.930 bits per heavy atom. The Labute approximate surface area is 249 Å². The first-order valence-corrected chi connectivity index (χ1v) is 14.1. The molecule has 1 aliphatic rings. The van der Waals surface area contributed by atoms with E-state index < -0.39 is 5.60 Å². The van der Waals surface area contributed by atoms with Crippen molar-refractivity contribution >= 4 is 29.1 Å². The molecule has 5 aromatic rings. The Morgan fingerprint density at radius 3 is 2.33 bits per heavy atom. The highest BCUT2D eigenvalue weighted by molar-refractivity contribution is 5.86. The third kappa shape index (κ3) is 6.08. The number of aryl methyl sites for hydroxylation is 1. The first kappa shape index (κ1) is 28.0. The smallest absolute Gasteiger partial charge is 0.410 e. The van der Waals surface area contributed by atoms with Gasteiger partial charge in [0.2, 0.25) is 5.95 Å². The molecule has 1 aliphatic heterocycles. The van der Waals surface area contributed by atoms with Crippen molar-refractivity contribution in [1.29, 1.82) is 0 Å². The van der Waals surface area contributed by atoms with Crippen molar-refractivity contribution in [3.8, 4) is 28.1 Å². The van der Waals surface area contributed by atoms with Crippen LogP contribution in [0.25, 0.3) is 27.9 Å². The van der Waals surface area contributed by atoms with Crippen molar-refractivity contribution in [2.45, 2.75) is 26.4 Å². The van der Waals surface area contributed by atoms with Crippen LogP contribution < -0.4 is 15.0 Å². The number of carbonyl (C=O) groups excluding carboxylic acids is 1. The van der Waals surface area contributed by atoms with Crippen LogP contribution in [0, 0.1) is 0 Å². The minimum atomic E-state index is -0.504. The van der Waals surface area contributed by atoms with Gasteiger partial charge in [-0.25, -0.2) is 19.3 Å². The topological polar surface area (TPSA) is 115 Å². The molecule has 43 heavy (non-hydrogen) atoms. The monoisotopic (exact) mass is 581 g/mol. The second-order valence-corrected chi connectivity index (χ2v) is 11.4. The van der Waals surface area contributed by atoms with Crippen molar-refractivity contribution in [3.63, 3.8) is 0 Å². The van der Waals surface area contributed by atoms with Crippen LogP contribution in [0.1, 0.15) is 20.8 Å².